The molecule has 1 atom stereocenters. The predicted octanol–water partition coefficient (Wildman–Crippen LogP) is 1.87. The number of imidazole rings is 1. The van der Waals surface area contributed by atoms with Crippen LogP contribution in [0.1, 0.15) is 37.6 Å². The van der Waals surface area contributed by atoms with Gasteiger partial charge in [-0.3, -0.25) is 4.79 Å². The number of likely N-dealkylation sites (tertiary alicyclic amines) is 1. The first kappa shape index (κ1) is 18.7. The number of rotatable bonds is 6. The van der Waals surface area contributed by atoms with Gasteiger partial charge in [-0.2, -0.15) is 11.8 Å². The van der Waals surface area contributed by atoms with Gasteiger partial charge < -0.3 is 19.5 Å². The minimum absolute atomic E-state index is 0.0839. The number of fused-ring (bicyclic) bond motifs is 2. The highest BCUT2D eigenvalue weighted by molar-refractivity contribution is 7.99. The highest BCUT2D eigenvalue weighted by Crippen LogP contribution is 2.42. The number of carbonyl (C=O) groups excluding carboxylic acids is 1. The van der Waals surface area contributed by atoms with Gasteiger partial charge in [0.15, 0.2) is 0 Å². The second-order valence-corrected chi connectivity index (χ2v) is 8.44. The van der Waals surface area contributed by atoms with E-state index in [-0.39, 0.29) is 18.1 Å². The summed E-state index contributed by atoms with van der Waals surface area (Å²) >= 11 is 1.93. The maximum Gasteiger partial charge on any atom is 0.249 e. The minimum atomic E-state index is -0.259. The Morgan fingerprint density at radius 1 is 1.44 bits per heavy atom. The number of hydrogen-bond donors (Lipinski definition) is 1. The van der Waals surface area contributed by atoms with Crippen molar-refractivity contribution in [2.45, 2.75) is 43.4 Å². The molecule has 1 amide bonds. The summed E-state index contributed by atoms with van der Waals surface area (Å²) in [6, 6.07) is 0. The zero-order chi connectivity index (χ0) is 17.9. The van der Waals surface area contributed by atoms with Crippen LogP contribution in [-0.2, 0) is 21.5 Å². The number of amides is 1. The van der Waals surface area contributed by atoms with E-state index >= 15 is 0 Å². The van der Waals surface area contributed by atoms with Crippen molar-refractivity contribution >= 4 is 17.7 Å². The van der Waals surface area contributed by atoms with E-state index in [1.54, 1.807) is 13.4 Å². The van der Waals surface area contributed by atoms with Crippen LogP contribution in [0.15, 0.2) is 6.33 Å². The number of carbonyl (C=O) groups is 1. The van der Waals surface area contributed by atoms with Crippen molar-refractivity contribution < 1.29 is 9.53 Å². The molecule has 25 heavy (non-hydrogen) atoms. The summed E-state index contributed by atoms with van der Waals surface area (Å²) < 4.78 is 5.13. The predicted molar refractivity (Wildman–Crippen MR) is 101 cm³/mol. The minimum Gasteiger partial charge on any atom is -0.375 e. The normalized spacial score (nSPS) is 21.3. The topological polar surface area (TPSA) is 61.5 Å². The van der Waals surface area contributed by atoms with Gasteiger partial charge in [0, 0.05) is 44.1 Å². The number of hydrogen-bond acceptors (Lipinski definition) is 5. The first-order valence-corrected chi connectivity index (χ1v) is 10.5. The van der Waals surface area contributed by atoms with Crippen LogP contribution in [0.3, 0.4) is 0 Å². The van der Waals surface area contributed by atoms with E-state index in [0.29, 0.717) is 5.25 Å². The SMILES string of the molecule is COCC(=O)N1CCc2[nH]cnc2C12CCN(CC[C@@H](C)SC)CC2. The monoisotopic (exact) mass is 366 g/mol. The molecule has 0 aliphatic carbocycles. The number of aromatic amines is 1. The fourth-order valence-electron chi connectivity index (χ4n) is 4.18. The molecule has 2 aliphatic heterocycles. The lowest BCUT2D eigenvalue weighted by molar-refractivity contribution is -0.146. The van der Waals surface area contributed by atoms with Crippen LogP contribution in [0, 0.1) is 0 Å². The van der Waals surface area contributed by atoms with Gasteiger partial charge in [0.25, 0.3) is 0 Å². The number of thioether (sulfide) groups is 1. The summed E-state index contributed by atoms with van der Waals surface area (Å²) in [4.78, 5) is 25.2. The van der Waals surface area contributed by atoms with Crippen LogP contribution in [-0.4, -0.2) is 77.1 Å². The summed E-state index contributed by atoms with van der Waals surface area (Å²) in [5.41, 5.74) is 2.02. The zero-order valence-corrected chi connectivity index (χ0v) is 16.4. The number of nitrogens with one attached hydrogen (secondary N) is 1. The molecule has 3 heterocycles. The Bertz CT molecular complexity index is 583. The van der Waals surface area contributed by atoms with E-state index in [4.69, 9.17) is 4.74 Å². The van der Waals surface area contributed by atoms with Crippen molar-refractivity contribution in [2.75, 3.05) is 46.2 Å². The molecule has 1 aromatic rings. The smallest absolute Gasteiger partial charge is 0.249 e. The van der Waals surface area contributed by atoms with Crippen molar-refractivity contribution in [1.82, 2.24) is 19.8 Å². The Morgan fingerprint density at radius 3 is 2.88 bits per heavy atom. The Balaban J connectivity index is 1.74. The molecule has 2 aliphatic rings. The molecule has 140 valence electrons. The maximum absolute atomic E-state index is 12.7. The molecular weight excluding hydrogens is 336 g/mol. The fourth-order valence-corrected chi connectivity index (χ4v) is 4.52. The van der Waals surface area contributed by atoms with Crippen molar-refractivity contribution in [1.29, 1.82) is 0 Å². The van der Waals surface area contributed by atoms with Crippen molar-refractivity contribution in [3.8, 4) is 0 Å². The number of aromatic nitrogens is 2. The highest BCUT2D eigenvalue weighted by Gasteiger charge is 2.48. The number of H-pyrrole nitrogens is 1. The van der Waals surface area contributed by atoms with Crippen molar-refractivity contribution in [2.24, 2.45) is 0 Å². The summed E-state index contributed by atoms with van der Waals surface area (Å²) in [6.45, 7) is 6.36. The van der Waals surface area contributed by atoms with Gasteiger partial charge in [-0.05, 0) is 32.1 Å². The van der Waals surface area contributed by atoms with Crippen LogP contribution in [0.2, 0.25) is 0 Å². The Labute approximate surface area is 154 Å². The van der Waals surface area contributed by atoms with E-state index in [1.165, 1.54) is 12.1 Å². The Hall–Kier alpha value is -1.05. The second-order valence-electron chi connectivity index (χ2n) is 7.17. The third-order valence-corrected chi connectivity index (χ3v) is 6.81. The second kappa shape index (κ2) is 8.10. The van der Waals surface area contributed by atoms with Crippen LogP contribution in [0.5, 0.6) is 0 Å². The van der Waals surface area contributed by atoms with E-state index < -0.39 is 0 Å². The first-order chi connectivity index (χ1) is 12.1. The van der Waals surface area contributed by atoms with Gasteiger partial charge in [-0.15, -0.1) is 0 Å². The molecule has 1 saturated heterocycles. The fraction of sp³-hybridized carbons (Fsp3) is 0.778. The number of nitrogens with zero attached hydrogens (tertiary/aromatic N) is 3. The molecular formula is C18H30N4O2S. The standard InChI is InChI=1S/C18H30N4O2S/c1-14(25-3)4-8-21-10-6-18(7-11-21)17-15(19-13-20-17)5-9-22(18)16(23)12-24-2/h13-14H,4-12H2,1-3H3,(H,19,20)/t14-/m1/s1. The average Bonchev–Trinajstić information content (AvgIpc) is 3.11. The quantitative estimate of drug-likeness (QED) is 0.833. The van der Waals surface area contributed by atoms with E-state index in [9.17, 15) is 4.79 Å². The van der Waals surface area contributed by atoms with Crippen LogP contribution < -0.4 is 0 Å². The molecule has 3 rings (SSSR count). The summed E-state index contributed by atoms with van der Waals surface area (Å²) in [6.07, 6.45) is 7.93. The summed E-state index contributed by atoms with van der Waals surface area (Å²) in [5, 5.41) is 0.697. The molecule has 0 bridgehead atoms. The van der Waals surface area contributed by atoms with Crippen LogP contribution in [0.25, 0.3) is 0 Å². The van der Waals surface area contributed by atoms with Gasteiger partial charge >= 0.3 is 0 Å². The first-order valence-electron chi connectivity index (χ1n) is 9.18. The molecule has 1 spiro atoms. The lowest BCUT2D eigenvalue weighted by atomic mass is 9.78. The summed E-state index contributed by atoms with van der Waals surface area (Å²) in [7, 11) is 1.59. The van der Waals surface area contributed by atoms with Gasteiger partial charge in [0.05, 0.1) is 17.6 Å². The van der Waals surface area contributed by atoms with Gasteiger partial charge in [-0.25, -0.2) is 4.98 Å². The number of piperidine rings is 1. The van der Waals surface area contributed by atoms with Crippen molar-refractivity contribution in [3.63, 3.8) is 0 Å². The summed E-state index contributed by atoms with van der Waals surface area (Å²) in [5.74, 6) is 0.0839. The molecule has 0 aromatic carbocycles. The van der Waals surface area contributed by atoms with Gasteiger partial charge in [0.1, 0.15) is 6.61 Å². The maximum atomic E-state index is 12.7. The molecule has 1 fully saturated rings. The van der Waals surface area contributed by atoms with Crippen molar-refractivity contribution in [3.05, 3.63) is 17.7 Å². The Kier molecular flexibility index (Phi) is 6.07. The molecule has 0 saturated carbocycles. The third kappa shape index (κ3) is 3.73. The van der Waals surface area contributed by atoms with E-state index in [1.807, 2.05) is 16.7 Å². The molecule has 6 nitrogen and oxygen atoms in total. The molecule has 0 radical (unpaired) electrons. The van der Waals surface area contributed by atoms with E-state index in [2.05, 4.69) is 28.0 Å². The molecule has 0 unspecified atom stereocenters. The number of ether oxygens (including phenoxy) is 1. The largest absolute Gasteiger partial charge is 0.375 e. The lowest BCUT2D eigenvalue weighted by Gasteiger charge is -2.50. The highest BCUT2D eigenvalue weighted by atomic mass is 32.2. The van der Waals surface area contributed by atoms with Crippen LogP contribution in [0.4, 0.5) is 0 Å². The number of methoxy groups -OCH3 is 1. The van der Waals surface area contributed by atoms with Gasteiger partial charge in [-0.1, -0.05) is 6.92 Å². The van der Waals surface area contributed by atoms with Crippen LogP contribution >= 0.6 is 11.8 Å². The van der Waals surface area contributed by atoms with Gasteiger partial charge in [0.2, 0.25) is 5.91 Å². The molecule has 1 N–H and O–H groups in total. The average molecular weight is 367 g/mol. The van der Waals surface area contributed by atoms with E-state index in [0.717, 1.165) is 51.1 Å². The zero-order valence-electron chi connectivity index (χ0n) is 15.6. The lowest BCUT2D eigenvalue weighted by Crippen LogP contribution is -2.59. The molecule has 1 aromatic heterocycles. The Morgan fingerprint density at radius 2 is 2.20 bits per heavy atom. The molecule has 7 heteroatoms. The third-order valence-electron chi connectivity index (χ3n) is 5.77.